The van der Waals surface area contributed by atoms with Crippen LogP contribution in [-0.2, 0) is 11.2 Å². The molecule has 0 bridgehead atoms. The van der Waals surface area contributed by atoms with E-state index < -0.39 is 0 Å². The first-order chi connectivity index (χ1) is 6.11. The number of carbonyl (C=O) groups excluding carboxylic acids is 1. The van der Waals surface area contributed by atoms with Crippen molar-refractivity contribution in [3.05, 3.63) is 34.1 Å². The van der Waals surface area contributed by atoms with Gasteiger partial charge in [0.25, 0.3) is 0 Å². The molecule has 0 spiro atoms. The van der Waals surface area contributed by atoms with Crippen molar-refractivity contribution in [2.24, 2.45) is 0 Å². The Bertz CT molecular complexity index is 302. The van der Waals surface area contributed by atoms with Gasteiger partial charge >= 0.3 is 0 Å². The van der Waals surface area contributed by atoms with E-state index in [1.807, 2.05) is 0 Å². The summed E-state index contributed by atoms with van der Waals surface area (Å²) in [6, 6.07) is 4.81. The van der Waals surface area contributed by atoms with Crippen LogP contribution in [0.3, 0.4) is 0 Å². The molecular formula is C10H10BrFO. The van der Waals surface area contributed by atoms with Crippen molar-refractivity contribution >= 4 is 21.7 Å². The quantitative estimate of drug-likeness (QED) is 0.799. The molecular weight excluding hydrogens is 235 g/mol. The van der Waals surface area contributed by atoms with Crippen LogP contribution in [0.1, 0.15) is 18.9 Å². The second-order valence-electron chi connectivity index (χ2n) is 2.90. The SMILES string of the molecule is CC(=O)CCc1c(F)cccc1Br. The minimum atomic E-state index is -0.254. The predicted octanol–water partition coefficient (Wildman–Crippen LogP) is 3.11. The molecule has 0 saturated carbocycles. The van der Waals surface area contributed by atoms with E-state index in [1.165, 1.54) is 13.0 Å². The predicted molar refractivity (Wildman–Crippen MR) is 53.1 cm³/mol. The average molecular weight is 245 g/mol. The number of rotatable bonds is 3. The Labute approximate surface area is 85.1 Å². The van der Waals surface area contributed by atoms with Crippen molar-refractivity contribution in [2.45, 2.75) is 19.8 Å². The van der Waals surface area contributed by atoms with Crippen molar-refractivity contribution in [2.75, 3.05) is 0 Å². The molecule has 0 unspecified atom stereocenters. The van der Waals surface area contributed by atoms with Crippen LogP contribution in [0.4, 0.5) is 4.39 Å². The molecule has 0 aliphatic carbocycles. The monoisotopic (exact) mass is 244 g/mol. The smallest absolute Gasteiger partial charge is 0.130 e. The van der Waals surface area contributed by atoms with E-state index in [-0.39, 0.29) is 11.6 Å². The maximum absolute atomic E-state index is 13.2. The summed E-state index contributed by atoms with van der Waals surface area (Å²) in [7, 11) is 0. The summed E-state index contributed by atoms with van der Waals surface area (Å²) in [4.78, 5) is 10.7. The van der Waals surface area contributed by atoms with Gasteiger partial charge in [-0.2, -0.15) is 0 Å². The molecule has 70 valence electrons. The molecule has 3 heteroatoms. The first-order valence-corrected chi connectivity index (χ1v) is 4.83. The van der Waals surface area contributed by atoms with Crippen LogP contribution in [-0.4, -0.2) is 5.78 Å². The van der Waals surface area contributed by atoms with E-state index in [9.17, 15) is 9.18 Å². The zero-order valence-electron chi connectivity index (χ0n) is 7.31. The molecule has 0 amide bonds. The van der Waals surface area contributed by atoms with Gasteiger partial charge in [0, 0.05) is 16.5 Å². The highest BCUT2D eigenvalue weighted by atomic mass is 79.9. The summed E-state index contributed by atoms with van der Waals surface area (Å²) in [6.07, 6.45) is 0.849. The third-order valence-corrected chi connectivity index (χ3v) is 2.53. The minimum absolute atomic E-state index is 0.0788. The van der Waals surface area contributed by atoms with Crippen molar-refractivity contribution in [3.63, 3.8) is 0 Å². The van der Waals surface area contributed by atoms with E-state index in [0.717, 1.165) is 4.47 Å². The summed E-state index contributed by atoms with van der Waals surface area (Å²) < 4.78 is 13.9. The Balaban J connectivity index is 2.81. The normalized spacial score (nSPS) is 10.1. The summed E-state index contributed by atoms with van der Waals surface area (Å²) in [5.74, 6) is -0.175. The van der Waals surface area contributed by atoms with Gasteiger partial charge in [0.2, 0.25) is 0 Å². The largest absolute Gasteiger partial charge is 0.300 e. The standard InChI is InChI=1S/C10H10BrFO/c1-7(13)5-6-8-9(11)3-2-4-10(8)12/h2-4H,5-6H2,1H3. The van der Waals surface area contributed by atoms with Gasteiger partial charge < -0.3 is 4.79 Å². The van der Waals surface area contributed by atoms with Crippen molar-refractivity contribution in [1.29, 1.82) is 0 Å². The van der Waals surface area contributed by atoms with Crippen LogP contribution in [0.15, 0.2) is 22.7 Å². The van der Waals surface area contributed by atoms with Crippen LogP contribution >= 0.6 is 15.9 Å². The lowest BCUT2D eigenvalue weighted by Crippen LogP contribution is -1.97. The second-order valence-corrected chi connectivity index (χ2v) is 3.76. The number of carbonyl (C=O) groups is 1. The molecule has 0 radical (unpaired) electrons. The van der Waals surface area contributed by atoms with Gasteiger partial charge in [-0.05, 0) is 25.5 Å². The van der Waals surface area contributed by atoms with Crippen LogP contribution in [0.5, 0.6) is 0 Å². The fourth-order valence-electron chi connectivity index (χ4n) is 1.07. The lowest BCUT2D eigenvalue weighted by Gasteiger charge is -2.03. The lowest BCUT2D eigenvalue weighted by molar-refractivity contribution is -0.116. The minimum Gasteiger partial charge on any atom is -0.300 e. The molecule has 0 atom stereocenters. The van der Waals surface area contributed by atoms with Gasteiger partial charge in [0.05, 0.1) is 0 Å². The van der Waals surface area contributed by atoms with Crippen LogP contribution in [0.25, 0.3) is 0 Å². The van der Waals surface area contributed by atoms with Gasteiger partial charge in [-0.25, -0.2) is 4.39 Å². The molecule has 1 rings (SSSR count). The number of hydrogen-bond donors (Lipinski definition) is 0. The van der Waals surface area contributed by atoms with Crippen molar-refractivity contribution in [3.8, 4) is 0 Å². The molecule has 0 heterocycles. The average Bonchev–Trinajstić information content (AvgIpc) is 2.03. The molecule has 0 saturated heterocycles. The Morgan fingerprint density at radius 2 is 2.23 bits per heavy atom. The summed E-state index contributed by atoms with van der Waals surface area (Å²) in [5.41, 5.74) is 0.581. The Hall–Kier alpha value is -0.700. The van der Waals surface area contributed by atoms with Gasteiger partial charge in [-0.3, -0.25) is 0 Å². The Morgan fingerprint density at radius 1 is 1.54 bits per heavy atom. The number of hydrogen-bond acceptors (Lipinski definition) is 1. The van der Waals surface area contributed by atoms with E-state index in [0.29, 0.717) is 18.4 Å². The van der Waals surface area contributed by atoms with E-state index in [2.05, 4.69) is 15.9 Å². The Kier molecular flexibility index (Phi) is 3.60. The number of halogens is 2. The summed E-state index contributed by atoms with van der Waals surface area (Å²) >= 11 is 3.25. The molecule has 13 heavy (non-hydrogen) atoms. The zero-order valence-corrected chi connectivity index (χ0v) is 8.90. The topological polar surface area (TPSA) is 17.1 Å². The van der Waals surface area contributed by atoms with Gasteiger partial charge in [-0.15, -0.1) is 0 Å². The lowest BCUT2D eigenvalue weighted by atomic mass is 10.1. The van der Waals surface area contributed by atoms with Gasteiger partial charge in [0.15, 0.2) is 0 Å². The third kappa shape index (κ3) is 2.92. The van der Waals surface area contributed by atoms with Crippen LogP contribution in [0.2, 0.25) is 0 Å². The third-order valence-electron chi connectivity index (χ3n) is 1.79. The molecule has 1 aromatic rings. The first kappa shape index (κ1) is 10.4. The highest BCUT2D eigenvalue weighted by molar-refractivity contribution is 9.10. The highest BCUT2D eigenvalue weighted by Crippen LogP contribution is 2.20. The van der Waals surface area contributed by atoms with Crippen molar-refractivity contribution < 1.29 is 9.18 Å². The summed E-state index contributed by atoms with van der Waals surface area (Å²) in [6.45, 7) is 1.51. The number of Topliss-reactive ketones (excluding diaryl/α,β-unsaturated/α-hetero) is 1. The zero-order chi connectivity index (χ0) is 9.84. The van der Waals surface area contributed by atoms with E-state index in [4.69, 9.17) is 0 Å². The second kappa shape index (κ2) is 4.51. The maximum atomic E-state index is 13.2. The molecule has 0 N–H and O–H groups in total. The first-order valence-electron chi connectivity index (χ1n) is 4.03. The molecule has 0 fully saturated rings. The fourth-order valence-corrected chi connectivity index (χ4v) is 1.61. The van der Waals surface area contributed by atoms with Gasteiger partial charge in [0.1, 0.15) is 11.6 Å². The molecule has 1 nitrogen and oxygen atoms in total. The number of benzene rings is 1. The molecule has 0 aromatic heterocycles. The van der Waals surface area contributed by atoms with E-state index in [1.54, 1.807) is 12.1 Å². The highest BCUT2D eigenvalue weighted by Gasteiger charge is 2.06. The number of ketones is 1. The van der Waals surface area contributed by atoms with Crippen molar-refractivity contribution in [1.82, 2.24) is 0 Å². The van der Waals surface area contributed by atoms with Gasteiger partial charge in [-0.1, -0.05) is 22.0 Å². The van der Waals surface area contributed by atoms with Crippen LogP contribution in [0, 0.1) is 5.82 Å². The fraction of sp³-hybridized carbons (Fsp3) is 0.300. The van der Waals surface area contributed by atoms with Crippen LogP contribution < -0.4 is 0 Å². The Morgan fingerprint density at radius 3 is 2.77 bits per heavy atom. The summed E-state index contributed by atoms with van der Waals surface area (Å²) in [5, 5.41) is 0. The van der Waals surface area contributed by atoms with E-state index >= 15 is 0 Å². The molecule has 0 aliphatic rings. The maximum Gasteiger partial charge on any atom is 0.130 e. The molecule has 1 aromatic carbocycles. The molecule has 0 aliphatic heterocycles.